The molecule has 8 heteroatoms. The zero-order chi connectivity index (χ0) is 16.2. The van der Waals surface area contributed by atoms with Gasteiger partial charge < -0.3 is 18.7 Å². The van der Waals surface area contributed by atoms with Gasteiger partial charge in [0.25, 0.3) is 0 Å². The first-order valence-electron chi connectivity index (χ1n) is 6.77. The highest BCUT2D eigenvalue weighted by Gasteiger charge is 2.13. The van der Waals surface area contributed by atoms with E-state index in [4.69, 9.17) is 18.7 Å². The summed E-state index contributed by atoms with van der Waals surface area (Å²) in [6, 6.07) is 4.26. The maximum Gasteiger partial charge on any atom is 0.341 e. The first-order chi connectivity index (χ1) is 10.7. The molecule has 22 heavy (non-hydrogen) atoms. The van der Waals surface area contributed by atoms with Gasteiger partial charge in [0.15, 0.2) is 0 Å². The largest absolute Gasteiger partial charge is 0.462 e. The number of benzene rings is 1. The summed E-state index contributed by atoms with van der Waals surface area (Å²) in [5, 5.41) is 0. The Kier molecular flexibility index (Phi) is 10.9. The maximum absolute atomic E-state index is 13.6. The second-order valence-corrected chi connectivity index (χ2v) is 5.89. The lowest BCUT2D eigenvalue weighted by Gasteiger charge is -2.08. The highest BCUT2D eigenvalue weighted by atomic mass is 127. The Bertz CT molecular complexity index is 461. The van der Waals surface area contributed by atoms with Gasteiger partial charge >= 0.3 is 5.97 Å². The van der Waals surface area contributed by atoms with E-state index in [1.165, 1.54) is 12.1 Å². The molecule has 0 radical (unpaired) electrons. The second-order valence-electron chi connectivity index (χ2n) is 4.13. The molecule has 0 amide bonds. The van der Waals surface area contributed by atoms with Crippen LogP contribution in [0.1, 0.15) is 22.8 Å². The molecule has 0 saturated carbocycles. The fourth-order valence-electron chi connectivity index (χ4n) is 1.58. The Balaban J connectivity index is 2.31. The van der Waals surface area contributed by atoms with Crippen LogP contribution in [0.3, 0.4) is 0 Å². The summed E-state index contributed by atoms with van der Waals surface area (Å²) >= 11 is 2.15. The third-order valence-electron chi connectivity index (χ3n) is 2.55. The molecule has 0 aromatic heterocycles. The van der Waals surface area contributed by atoms with Crippen LogP contribution in [0.15, 0.2) is 18.2 Å². The first-order valence-corrected chi connectivity index (χ1v) is 10.8. The van der Waals surface area contributed by atoms with Crippen LogP contribution in [0.2, 0.25) is 0 Å². The number of halogens is 2. The molecule has 0 bridgehead atoms. The van der Waals surface area contributed by atoms with Gasteiger partial charge in [-0.25, -0.2) is 9.18 Å². The number of hydrogen-bond acceptors (Lipinski definition) is 5. The second kappa shape index (κ2) is 12.1. The van der Waals surface area contributed by atoms with Crippen molar-refractivity contribution in [3.8, 4) is 0 Å². The molecule has 1 rings (SSSR count). The Morgan fingerprint density at radius 3 is 2.68 bits per heavy atom. The average Bonchev–Trinajstić information content (AvgIpc) is 2.51. The van der Waals surface area contributed by atoms with E-state index in [9.17, 15) is 9.18 Å². The van der Waals surface area contributed by atoms with Gasteiger partial charge in [-0.1, -0.05) is 6.07 Å². The topological polar surface area (TPSA) is 54.0 Å². The summed E-state index contributed by atoms with van der Waals surface area (Å²) < 4.78 is 34.2. The Labute approximate surface area is 144 Å². The predicted molar refractivity (Wildman–Crippen MR) is 91.1 cm³/mol. The summed E-state index contributed by atoms with van der Waals surface area (Å²) in [6.07, 6.45) is 0. The normalized spacial score (nSPS) is 11.2. The van der Waals surface area contributed by atoms with Crippen LogP contribution in [0, 0.1) is 5.82 Å². The zero-order valence-electron chi connectivity index (χ0n) is 12.3. The van der Waals surface area contributed by atoms with E-state index >= 15 is 0 Å². The number of ether oxygens (including phenoxy) is 3. The van der Waals surface area contributed by atoms with Gasteiger partial charge in [0.2, 0.25) is 0 Å². The fraction of sp³-hybridized carbons (Fsp3) is 0.500. The van der Waals surface area contributed by atoms with Crippen LogP contribution in [-0.4, -0.2) is 39.0 Å². The number of hydrogen-bond donors (Lipinski definition) is 0. The smallest absolute Gasteiger partial charge is 0.341 e. The summed E-state index contributed by atoms with van der Waals surface area (Å²) in [6.45, 7) is 4.57. The molecule has 0 saturated heterocycles. The average molecular weight is 444 g/mol. The molecule has 0 aliphatic heterocycles. The van der Waals surface area contributed by atoms with Crippen molar-refractivity contribution in [1.82, 2.24) is 0 Å². The number of carbonyl (C=O) groups excluding carboxylic acids is 1. The van der Waals surface area contributed by atoms with Gasteiger partial charge in [0.1, 0.15) is 5.82 Å². The van der Waals surface area contributed by atoms with Crippen LogP contribution in [-0.2, 0) is 25.3 Å². The molecule has 1 aromatic rings. The molecule has 5 nitrogen and oxygen atoms in total. The van der Waals surface area contributed by atoms with E-state index < -0.39 is 11.8 Å². The summed E-state index contributed by atoms with van der Waals surface area (Å²) in [7, 11) is 0. The SMILES string of the molecule is CCOC(=O)c1cc(COCCOCCOPI)ccc1F. The Hall–Kier alpha value is -0.340. The van der Waals surface area contributed by atoms with Crippen molar-refractivity contribution < 1.29 is 27.9 Å². The van der Waals surface area contributed by atoms with E-state index in [1.807, 2.05) is 0 Å². The molecule has 1 atom stereocenters. The third kappa shape index (κ3) is 7.78. The lowest BCUT2D eigenvalue weighted by molar-refractivity contribution is 0.0321. The highest BCUT2D eigenvalue weighted by molar-refractivity contribution is 14.2. The highest BCUT2D eigenvalue weighted by Crippen LogP contribution is 2.20. The van der Waals surface area contributed by atoms with Crippen LogP contribution >= 0.6 is 28.5 Å². The van der Waals surface area contributed by atoms with E-state index in [0.29, 0.717) is 38.4 Å². The molecule has 1 aromatic carbocycles. The van der Waals surface area contributed by atoms with Crippen molar-refractivity contribution in [3.05, 3.63) is 35.1 Å². The van der Waals surface area contributed by atoms with Gasteiger partial charge in [0, 0.05) is 0 Å². The number of esters is 1. The lowest BCUT2D eigenvalue weighted by Crippen LogP contribution is -2.09. The quantitative estimate of drug-likeness (QED) is 0.227. The minimum absolute atomic E-state index is 0.0732. The number of rotatable bonds is 11. The van der Waals surface area contributed by atoms with Crippen LogP contribution < -0.4 is 0 Å². The fourth-order valence-corrected chi connectivity index (χ4v) is 2.40. The van der Waals surface area contributed by atoms with Crippen molar-refractivity contribution in [3.63, 3.8) is 0 Å². The minimum Gasteiger partial charge on any atom is -0.462 e. The van der Waals surface area contributed by atoms with Gasteiger partial charge in [-0.3, -0.25) is 0 Å². The first kappa shape index (κ1) is 19.7. The van der Waals surface area contributed by atoms with Crippen LogP contribution in [0.5, 0.6) is 0 Å². The summed E-state index contributed by atoms with van der Waals surface area (Å²) in [5.74, 6) is -1.26. The van der Waals surface area contributed by atoms with Crippen molar-refractivity contribution in [2.24, 2.45) is 0 Å². The van der Waals surface area contributed by atoms with E-state index in [1.54, 1.807) is 13.0 Å². The maximum atomic E-state index is 13.6. The van der Waals surface area contributed by atoms with Gasteiger partial charge in [-0.05, 0) is 46.7 Å². The molecule has 0 aliphatic carbocycles. The Morgan fingerprint density at radius 2 is 1.95 bits per heavy atom. The van der Waals surface area contributed by atoms with Crippen molar-refractivity contribution in [2.75, 3.05) is 33.0 Å². The van der Waals surface area contributed by atoms with E-state index in [2.05, 4.69) is 22.0 Å². The lowest BCUT2D eigenvalue weighted by atomic mass is 10.1. The minimum atomic E-state index is -0.666. The monoisotopic (exact) mass is 444 g/mol. The van der Waals surface area contributed by atoms with Crippen LogP contribution in [0.25, 0.3) is 0 Å². The molecule has 0 heterocycles. The molecular formula is C14H19FIO5P. The number of carbonyl (C=O) groups is 1. The summed E-state index contributed by atoms with van der Waals surface area (Å²) in [4.78, 5) is 11.6. The molecule has 0 aliphatic rings. The van der Waals surface area contributed by atoms with Crippen molar-refractivity contribution in [2.45, 2.75) is 13.5 Å². The van der Waals surface area contributed by atoms with Gasteiger partial charge in [-0.15, -0.1) is 0 Å². The molecule has 124 valence electrons. The Morgan fingerprint density at radius 1 is 1.23 bits per heavy atom. The van der Waals surface area contributed by atoms with Crippen molar-refractivity contribution >= 4 is 34.5 Å². The molecule has 0 spiro atoms. The zero-order valence-corrected chi connectivity index (χ0v) is 15.4. The molecule has 0 N–H and O–H groups in total. The van der Waals surface area contributed by atoms with Crippen LogP contribution in [0.4, 0.5) is 4.39 Å². The van der Waals surface area contributed by atoms with Gasteiger partial charge in [0.05, 0.1) is 51.7 Å². The van der Waals surface area contributed by atoms with Gasteiger partial charge in [-0.2, -0.15) is 0 Å². The standard InChI is InChI=1S/C14H19FIO5P/c1-2-20-14(17)12-9-11(3-4-13(12)15)10-19-6-5-18-7-8-21-22-16/h3-4,9,22H,2,5-8,10H2,1H3. The molecule has 1 unspecified atom stereocenters. The van der Waals surface area contributed by atoms with E-state index in [0.717, 1.165) is 0 Å². The molecule has 0 fully saturated rings. The predicted octanol–water partition coefficient (Wildman–Crippen LogP) is 3.50. The summed E-state index contributed by atoms with van der Waals surface area (Å²) in [5.41, 5.74) is 0.634. The third-order valence-corrected chi connectivity index (χ3v) is 3.80. The van der Waals surface area contributed by atoms with Crippen molar-refractivity contribution in [1.29, 1.82) is 0 Å². The van der Waals surface area contributed by atoms with E-state index in [-0.39, 0.29) is 18.8 Å². The molecular weight excluding hydrogens is 425 g/mol.